The van der Waals surface area contributed by atoms with Crippen LogP contribution in [0.3, 0.4) is 0 Å². The van der Waals surface area contributed by atoms with Crippen molar-refractivity contribution in [2.75, 3.05) is 19.8 Å². The zero-order valence-electron chi connectivity index (χ0n) is 17.4. The molecule has 27 heavy (non-hydrogen) atoms. The van der Waals surface area contributed by atoms with Crippen molar-refractivity contribution in [3.63, 3.8) is 0 Å². The van der Waals surface area contributed by atoms with Crippen LogP contribution < -0.4 is 5.32 Å². The smallest absolute Gasteiger partial charge is 0.245 e. The third kappa shape index (κ3) is 4.83. The summed E-state index contributed by atoms with van der Waals surface area (Å²) >= 11 is 0. The Hall–Kier alpha value is -1.14. The van der Waals surface area contributed by atoms with Crippen molar-refractivity contribution in [3.8, 4) is 0 Å². The van der Waals surface area contributed by atoms with Gasteiger partial charge in [-0.25, -0.2) is 0 Å². The first-order chi connectivity index (χ1) is 12.7. The highest BCUT2D eigenvalue weighted by molar-refractivity contribution is 5.89. The minimum absolute atomic E-state index is 0.0341. The van der Waals surface area contributed by atoms with Gasteiger partial charge in [0.05, 0.1) is 12.7 Å². The lowest BCUT2D eigenvalue weighted by atomic mass is 9.82. The Morgan fingerprint density at radius 2 is 1.89 bits per heavy atom. The van der Waals surface area contributed by atoms with Crippen molar-refractivity contribution in [2.45, 2.75) is 90.5 Å². The van der Waals surface area contributed by atoms with Crippen LogP contribution in [0.2, 0.25) is 0 Å². The number of ether oxygens (including phenoxy) is 2. The zero-order chi connectivity index (χ0) is 19.7. The van der Waals surface area contributed by atoms with Crippen molar-refractivity contribution in [1.29, 1.82) is 0 Å². The van der Waals surface area contributed by atoms with Gasteiger partial charge in [0.15, 0.2) is 0 Å². The van der Waals surface area contributed by atoms with E-state index in [-0.39, 0.29) is 23.3 Å². The van der Waals surface area contributed by atoms with Crippen molar-refractivity contribution < 1.29 is 19.1 Å². The summed E-state index contributed by atoms with van der Waals surface area (Å²) in [6, 6.07) is -0.533. The fourth-order valence-electron chi connectivity index (χ4n) is 4.53. The molecular weight excluding hydrogens is 344 g/mol. The molecule has 3 aliphatic rings. The predicted molar refractivity (Wildman–Crippen MR) is 103 cm³/mol. The second-order valence-corrected chi connectivity index (χ2v) is 9.84. The van der Waals surface area contributed by atoms with Gasteiger partial charge in [-0.2, -0.15) is 0 Å². The molecule has 1 N–H and O–H groups in total. The van der Waals surface area contributed by atoms with E-state index in [2.05, 4.69) is 33.0 Å². The maximum absolute atomic E-state index is 13.2. The van der Waals surface area contributed by atoms with Crippen LogP contribution in [0.25, 0.3) is 0 Å². The minimum atomic E-state index is -0.597. The van der Waals surface area contributed by atoms with E-state index < -0.39 is 11.8 Å². The van der Waals surface area contributed by atoms with Crippen molar-refractivity contribution >= 4 is 11.8 Å². The molecule has 6 heteroatoms. The van der Waals surface area contributed by atoms with Crippen LogP contribution in [-0.2, 0) is 19.1 Å². The Morgan fingerprint density at radius 3 is 2.48 bits per heavy atom. The van der Waals surface area contributed by atoms with Gasteiger partial charge in [-0.1, -0.05) is 27.7 Å². The first-order valence-corrected chi connectivity index (χ1v) is 10.6. The molecule has 6 nitrogen and oxygen atoms in total. The van der Waals surface area contributed by atoms with E-state index in [0.717, 1.165) is 45.1 Å². The number of amides is 2. The van der Waals surface area contributed by atoms with Gasteiger partial charge in [0.1, 0.15) is 11.8 Å². The van der Waals surface area contributed by atoms with Crippen LogP contribution in [0.4, 0.5) is 0 Å². The van der Waals surface area contributed by atoms with Gasteiger partial charge in [0.2, 0.25) is 11.8 Å². The van der Waals surface area contributed by atoms with Crippen LogP contribution in [0.5, 0.6) is 0 Å². The van der Waals surface area contributed by atoms with Crippen molar-refractivity contribution in [1.82, 2.24) is 10.2 Å². The molecule has 1 saturated carbocycles. The summed E-state index contributed by atoms with van der Waals surface area (Å²) in [5.41, 5.74) is -0.720. The van der Waals surface area contributed by atoms with E-state index in [9.17, 15) is 9.59 Å². The second kappa shape index (κ2) is 8.08. The van der Waals surface area contributed by atoms with E-state index in [4.69, 9.17) is 9.47 Å². The van der Waals surface area contributed by atoms with E-state index in [1.807, 2.05) is 0 Å². The van der Waals surface area contributed by atoms with E-state index in [0.29, 0.717) is 25.5 Å². The molecule has 3 fully saturated rings. The molecule has 1 spiro atoms. The molecule has 1 aliphatic carbocycles. The van der Waals surface area contributed by atoms with Gasteiger partial charge in [-0.15, -0.1) is 0 Å². The molecule has 0 radical (unpaired) electrons. The molecule has 3 rings (SSSR count). The van der Waals surface area contributed by atoms with E-state index >= 15 is 0 Å². The third-order valence-corrected chi connectivity index (χ3v) is 6.10. The average molecular weight is 381 g/mol. The summed E-state index contributed by atoms with van der Waals surface area (Å²) in [4.78, 5) is 28.0. The number of hydrogen-bond acceptors (Lipinski definition) is 4. The molecule has 0 aromatic heterocycles. The van der Waals surface area contributed by atoms with Crippen molar-refractivity contribution in [3.05, 3.63) is 0 Å². The van der Waals surface area contributed by atoms with Gasteiger partial charge in [0, 0.05) is 19.6 Å². The van der Waals surface area contributed by atoms with E-state index in [1.165, 1.54) is 0 Å². The molecule has 2 saturated heterocycles. The lowest BCUT2D eigenvalue weighted by Gasteiger charge is -2.43. The normalized spacial score (nSPS) is 34.2. The Kier molecular flexibility index (Phi) is 6.16. The molecule has 0 bridgehead atoms. The summed E-state index contributed by atoms with van der Waals surface area (Å²) in [5, 5.41) is 3.01. The highest BCUT2D eigenvalue weighted by Gasteiger charge is 2.53. The van der Waals surface area contributed by atoms with Crippen molar-refractivity contribution in [2.24, 2.45) is 11.3 Å². The first kappa shape index (κ1) is 20.6. The molecule has 154 valence electrons. The summed E-state index contributed by atoms with van der Waals surface area (Å²) in [7, 11) is 0. The van der Waals surface area contributed by atoms with Crippen LogP contribution in [-0.4, -0.2) is 54.3 Å². The number of nitrogens with one attached hydrogen (secondary N) is 1. The predicted octanol–water partition coefficient (Wildman–Crippen LogP) is 2.85. The standard InChI is InChI=1S/C21H36N2O4/c1-15-7-9-21(10-8-15)23(18(24)12-20(2,3)4)17(14-27-21)19(25)22-13-16-6-5-11-26-16/h15-17H,5-14H2,1-4H3,(H,22,25)/t15?,16-,17-,21?/m0/s1. The maximum atomic E-state index is 13.2. The lowest BCUT2D eigenvalue weighted by molar-refractivity contribution is -0.163. The van der Waals surface area contributed by atoms with E-state index in [1.54, 1.807) is 4.90 Å². The maximum Gasteiger partial charge on any atom is 0.245 e. The molecule has 2 atom stereocenters. The molecular formula is C21H36N2O4. The summed E-state index contributed by atoms with van der Waals surface area (Å²) in [6.45, 7) is 10.00. The number of nitrogens with zero attached hydrogens (tertiary/aromatic N) is 1. The summed E-state index contributed by atoms with van der Waals surface area (Å²) in [5.74, 6) is 0.571. The number of carbonyl (C=O) groups excluding carboxylic acids is 2. The summed E-state index contributed by atoms with van der Waals surface area (Å²) < 4.78 is 11.8. The Bertz CT molecular complexity index is 543. The second-order valence-electron chi connectivity index (χ2n) is 9.84. The minimum Gasteiger partial charge on any atom is -0.376 e. The quantitative estimate of drug-likeness (QED) is 0.814. The molecule has 2 aliphatic heterocycles. The highest BCUT2D eigenvalue weighted by Crippen LogP contribution is 2.43. The fraction of sp³-hybridized carbons (Fsp3) is 0.905. The third-order valence-electron chi connectivity index (χ3n) is 6.10. The topological polar surface area (TPSA) is 67.9 Å². The van der Waals surface area contributed by atoms with Gasteiger partial charge in [0.25, 0.3) is 0 Å². The highest BCUT2D eigenvalue weighted by atomic mass is 16.5. The molecule has 2 amide bonds. The largest absolute Gasteiger partial charge is 0.376 e. The van der Waals surface area contributed by atoms with Crippen LogP contribution in [0.1, 0.15) is 72.6 Å². The molecule has 2 heterocycles. The van der Waals surface area contributed by atoms with Crippen LogP contribution in [0, 0.1) is 11.3 Å². The average Bonchev–Trinajstić information content (AvgIpc) is 3.22. The fourth-order valence-corrected chi connectivity index (χ4v) is 4.53. The lowest BCUT2D eigenvalue weighted by Crippen LogP contribution is -2.57. The summed E-state index contributed by atoms with van der Waals surface area (Å²) in [6.07, 6.45) is 6.25. The molecule has 0 unspecified atom stereocenters. The van der Waals surface area contributed by atoms with Crippen LogP contribution >= 0.6 is 0 Å². The SMILES string of the molecule is CC1CCC2(CC1)OC[C@@H](C(=O)NC[C@@H]1CCCO1)N2C(=O)CC(C)(C)C. The number of rotatable bonds is 4. The molecule has 0 aromatic carbocycles. The molecule has 0 aromatic rings. The zero-order valence-corrected chi connectivity index (χ0v) is 17.4. The Labute approximate surface area is 163 Å². The van der Waals surface area contributed by atoms with Gasteiger partial charge >= 0.3 is 0 Å². The monoisotopic (exact) mass is 380 g/mol. The van der Waals surface area contributed by atoms with Gasteiger partial charge < -0.3 is 14.8 Å². The Balaban J connectivity index is 1.72. The number of carbonyl (C=O) groups is 2. The van der Waals surface area contributed by atoms with Gasteiger partial charge in [-0.05, 0) is 49.9 Å². The Morgan fingerprint density at radius 1 is 1.19 bits per heavy atom. The van der Waals surface area contributed by atoms with Crippen LogP contribution in [0.15, 0.2) is 0 Å². The first-order valence-electron chi connectivity index (χ1n) is 10.6. The van der Waals surface area contributed by atoms with Gasteiger partial charge in [-0.3, -0.25) is 14.5 Å². The number of hydrogen-bond donors (Lipinski definition) is 1.